The summed E-state index contributed by atoms with van der Waals surface area (Å²) in [6, 6.07) is 13.7. The molecule has 4 atom stereocenters. The smallest absolute Gasteiger partial charge is 0.419 e. The third-order valence-corrected chi connectivity index (χ3v) is 12.5. The SMILES string of the molecule is C[C@@H]1CN(CCOc2ccc(N3C(=S)N(c4cnc(C#N)c(C(F)(F)F)c4)C(=O)C3(C)C)cc2C2CCC2)C[C@H](C)N1C(C(N)=O)c1cccc(NC2CCC(=O)NC2=O)c1. The van der Waals surface area contributed by atoms with Crippen LogP contribution in [0.25, 0.3) is 0 Å². The minimum atomic E-state index is -4.87. The van der Waals surface area contributed by atoms with Crippen LogP contribution in [-0.4, -0.2) is 93.4 Å². The number of primary amides is 1. The zero-order chi connectivity index (χ0) is 44.0. The Balaban J connectivity index is 1.03. The molecule has 3 saturated heterocycles. The second-order valence-electron chi connectivity index (χ2n) is 16.7. The van der Waals surface area contributed by atoms with Gasteiger partial charge in [-0.05, 0) is 113 Å². The maximum atomic E-state index is 13.8. The molecule has 0 radical (unpaired) electrons. The minimum Gasteiger partial charge on any atom is -0.492 e. The van der Waals surface area contributed by atoms with Gasteiger partial charge < -0.3 is 20.7 Å². The van der Waals surface area contributed by atoms with Crippen LogP contribution in [0.15, 0.2) is 54.7 Å². The number of nitrogens with one attached hydrogen (secondary N) is 2. The Morgan fingerprint density at radius 1 is 1.08 bits per heavy atom. The van der Waals surface area contributed by atoms with Crippen molar-refractivity contribution in [1.29, 1.82) is 5.26 Å². The second-order valence-corrected chi connectivity index (χ2v) is 17.1. The third-order valence-electron chi connectivity index (χ3n) is 12.1. The summed E-state index contributed by atoms with van der Waals surface area (Å²) in [4.78, 5) is 61.7. The molecule has 4 amide bonds. The topological polar surface area (TPSA) is 177 Å². The fourth-order valence-corrected chi connectivity index (χ4v) is 9.44. The quantitative estimate of drug-likeness (QED) is 0.157. The van der Waals surface area contributed by atoms with Crippen molar-refractivity contribution < 1.29 is 37.1 Å². The number of nitrogens with two attached hydrogens (primary N) is 1. The molecule has 4 N–H and O–H groups in total. The predicted molar refractivity (Wildman–Crippen MR) is 224 cm³/mol. The molecule has 1 aliphatic carbocycles. The Morgan fingerprint density at radius 2 is 1.80 bits per heavy atom. The number of alkyl halides is 3. The standard InChI is InChI=1S/C43H48F3N9O5S/c1-24-22-52(23-25(2)53(24)37(38(48)57)27-9-6-10-28(17-27)50-33-12-14-36(56)51-39(33)58)15-16-60-35-13-11-29(18-31(35)26-7-5-8-26)55-41(61)54(40(59)42(55,3)4)30-19-32(43(44,45)46)34(20-47)49-21-30/h6,9-11,13,17-19,21,24-26,33,37,50H,5,7-8,12,14-16,22-23H2,1-4H3,(H2,48,57)(H,51,56,58)/t24-,25+,33?,37?. The van der Waals surface area contributed by atoms with E-state index in [1.54, 1.807) is 24.8 Å². The van der Waals surface area contributed by atoms with Gasteiger partial charge in [-0.15, -0.1) is 0 Å². The lowest BCUT2D eigenvalue weighted by atomic mass is 9.79. The maximum Gasteiger partial charge on any atom is 0.419 e. The summed E-state index contributed by atoms with van der Waals surface area (Å²) in [6.07, 6.45) is -0.260. The molecule has 2 unspecified atom stereocenters. The highest BCUT2D eigenvalue weighted by Crippen LogP contribution is 2.45. The molecule has 61 heavy (non-hydrogen) atoms. The molecule has 4 aliphatic rings. The number of carbonyl (C=O) groups excluding carboxylic acids is 4. The minimum absolute atomic E-state index is 0.0135. The molecule has 14 nitrogen and oxygen atoms in total. The summed E-state index contributed by atoms with van der Waals surface area (Å²) in [7, 11) is 0. The van der Waals surface area contributed by atoms with E-state index < -0.39 is 46.9 Å². The van der Waals surface area contributed by atoms with E-state index in [0.717, 1.165) is 42.0 Å². The molecular weight excluding hydrogens is 812 g/mol. The number of thiocarbonyl (C=S) groups is 1. The normalized spacial score (nSPS) is 23.0. The highest BCUT2D eigenvalue weighted by molar-refractivity contribution is 7.81. The molecular formula is C43H48F3N9O5S. The largest absolute Gasteiger partial charge is 0.492 e. The van der Waals surface area contributed by atoms with Gasteiger partial charge in [-0.2, -0.15) is 18.4 Å². The predicted octanol–water partition coefficient (Wildman–Crippen LogP) is 5.37. The van der Waals surface area contributed by atoms with Gasteiger partial charge in [0.25, 0.3) is 5.91 Å². The number of anilines is 3. The van der Waals surface area contributed by atoms with Gasteiger partial charge in [-0.25, -0.2) is 4.98 Å². The summed E-state index contributed by atoms with van der Waals surface area (Å²) in [5.41, 5.74) is 5.46. The number of hydrogen-bond donors (Lipinski definition) is 3. The van der Waals surface area contributed by atoms with Crippen molar-refractivity contribution in [1.82, 2.24) is 20.1 Å². The van der Waals surface area contributed by atoms with Crippen LogP contribution in [0, 0.1) is 11.3 Å². The van der Waals surface area contributed by atoms with Gasteiger partial charge in [0.2, 0.25) is 17.7 Å². The Morgan fingerprint density at radius 3 is 2.43 bits per heavy atom. The van der Waals surface area contributed by atoms with Crippen LogP contribution in [-0.2, 0) is 25.4 Å². The molecule has 1 aromatic heterocycles. The van der Waals surface area contributed by atoms with Crippen LogP contribution in [0.5, 0.6) is 5.75 Å². The summed E-state index contributed by atoms with van der Waals surface area (Å²) >= 11 is 5.77. The Bertz CT molecular complexity index is 2290. The van der Waals surface area contributed by atoms with E-state index in [-0.39, 0.29) is 47.0 Å². The van der Waals surface area contributed by atoms with Crippen molar-refractivity contribution in [2.75, 3.05) is 41.4 Å². The van der Waals surface area contributed by atoms with Gasteiger partial charge in [0.05, 0.1) is 17.4 Å². The molecule has 3 aromatic rings. The van der Waals surface area contributed by atoms with Crippen molar-refractivity contribution >= 4 is 58.0 Å². The summed E-state index contributed by atoms with van der Waals surface area (Å²) < 4.78 is 48.0. The number of piperidine rings is 1. The number of pyridine rings is 1. The number of amides is 4. The first-order chi connectivity index (χ1) is 28.9. The molecule has 0 bridgehead atoms. The number of rotatable bonds is 12. The first kappa shape index (κ1) is 43.4. The molecule has 322 valence electrons. The number of carbonyl (C=O) groups is 4. The number of nitriles is 1. The van der Waals surface area contributed by atoms with Crippen molar-refractivity contribution in [3.05, 3.63) is 77.1 Å². The molecule has 7 rings (SSSR count). The number of imide groups is 1. The average molecular weight is 860 g/mol. The van der Waals surface area contributed by atoms with E-state index >= 15 is 0 Å². The number of aromatic nitrogens is 1. The van der Waals surface area contributed by atoms with Gasteiger partial charge in [0.1, 0.15) is 36.0 Å². The van der Waals surface area contributed by atoms with Gasteiger partial charge in [0.15, 0.2) is 10.8 Å². The van der Waals surface area contributed by atoms with Gasteiger partial charge in [-0.1, -0.05) is 18.6 Å². The lowest BCUT2D eigenvalue weighted by Gasteiger charge is -2.47. The second kappa shape index (κ2) is 17.0. The molecule has 4 fully saturated rings. The molecule has 0 spiro atoms. The number of benzene rings is 2. The number of halogens is 3. The molecule has 4 heterocycles. The van der Waals surface area contributed by atoms with E-state index in [2.05, 4.69) is 39.3 Å². The van der Waals surface area contributed by atoms with E-state index in [9.17, 15) is 37.6 Å². The Labute approximate surface area is 357 Å². The maximum absolute atomic E-state index is 13.8. The van der Waals surface area contributed by atoms with Crippen LogP contribution in [0.3, 0.4) is 0 Å². The third kappa shape index (κ3) is 8.64. The lowest BCUT2D eigenvalue weighted by molar-refractivity contribution is -0.138. The van der Waals surface area contributed by atoms with E-state index in [4.69, 9.17) is 22.7 Å². The van der Waals surface area contributed by atoms with Crippen molar-refractivity contribution in [2.45, 2.75) is 102 Å². The summed E-state index contributed by atoms with van der Waals surface area (Å²) in [5, 5.41) is 14.8. The van der Waals surface area contributed by atoms with Crippen LogP contribution in [0.4, 0.5) is 30.2 Å². The number of nitrogens with zero attached hydrogens (tertiary/aromatic N) is 6. The number of piperazine rings is 1. The van der Waals surface area contributed by atoms with Crippen LogP contribution < -0.4 is 30.9 Å². The van der Waals surface area contributed by atoms with E-state index in [0.29, 0.717) is 55.3 Å². The van der Waals surface area contributed by atoms with Crippen LogP contribution in [0.1, 0.15) is 94.1 Å². The monoisotopic (exact) mass is 859 g/mol. The van der Waals surface area contributed by atoms with E-state index in [1.165, 1.54) is 6.07 Å². The Hall–Kier alpha value is -5.64. The molecule has 3 aliphatic heterocycles. The lowest BCUT2D eigenvalue weighted by Crippen LogP contribution is -2.59. The molecule has 1 saturated carbocycles. The van der Waals surface area contributed by atoms with Gasteiger partial charge in [-0.3, -0.25) is 39.2 Å². The van der Waals surface area contributed by atoms with Crippen molar-refractivity contribution in [2.24, 2.45) is 5.73 Å². The first-order valence-electron chi connectivity index (χ1n) is 20.3. The number of ether oxygens (including phenoxy) is 1. The van der Waals surface area contributed by atoms with Crippen molar-refractivity contribution in [3.63, 3.8) is 0 Å². The van der Waals surface area contributed by atoms with Gasteiger partial charge >= 0.3 is 6.18 Å². The van der Waals surface area contributed by atoms with Crippen LogP contribution >= 0.6 is 12.2 Å². The first-order valence-corrected chi connectivity index (χ1v) is 20.7. The fourth-order valence-electron chi connectivity index (χ4n) is 8.92. The van der Waals surface area contributed by atoms with Crippen molar-refractivity contribution in [3.8, 4) is 11.8 Å². The molecule has 18 heteroatoms. The summed E-state index contributed by atoms with van der Waals surface area (Å²) in [6.45, 7) is 9.69. The Kier molecular flexibility index (Phi) is 12.1. The number of hydrogen-bond acceptors (Lipinski definition) is 11. The zero-order valence-electron chi connectivity index (χ0n) is 34.3. The van der Waals surface area contributed by atoms with E-state index in [1.807, 2.05) is 36.4 Å². The highest BCUT2D eigenvalue weighted by Gasteiger charge is 2.51. The van der Waals surface area contributed by atoms with Crippen LogP contribution in [0.2, 0.25) is 0 Å². The summed E-state index contributed by atoms with van der Waals surface area (Å²) in [5.74, 6) is -0.800. The molecule has 2 aromatic carbocycles. The fraction of sp³-hybridized carbons (Fsp3) is 0.465. The van der Waals surface area contributed by atoms with Gasteiger partial charge in [0, 0.05) is 49.5 Å². The zero-order valence-corrected chi connectivity index (χ0v) is 35.1. The average Bonchev–Trinajstić information content (AvgIpc) is 3.35. The highest BCUT2D eigenvalue weighted by atomic mass is 32.1.